The smallest absolute Gasteiger partial charge is 0.280 e. The second-order valence-electron chi connectivity index (χ2n) is 5.70. The zero-order valence-electron chi connectivity index (χ0n) is 14.6. The molecule has 2 amide bonds. The molecule has 0 saturated carbocycles. The molecule has 0 unspecified atom stereocenters. The maximum atomic E-state index is 12.4. The molecule has 0 aliphatic heterocycles. The van der Waals surface area contributed by atoms with Gasteiger partial charge in [-0.2, -0.15) is 0 Å². The summed E-state index contributed by atoms with van der Waals surface area (Å²) in [5.74, 6) is 0.366. The van der Waals surface area contributed by atoms with Gasteiger partial charge < -0.3 is 15.0 Å². The molecule has 0 aliphatic carbocycles. The van der Waals surface area contributed by atoms with Gasteiger partial charge in [0.1, 0.15) is 5.75 Å². The molecular formula is C19H19N3O3S. The molecule has 0 fully saturated rings. The third-order valence-corrected chi connectivity index (χ3v) is 4.94. The maximum Gasteiger partial charge on any atom is 0.280 e. The summed E-state index contributed by atoms with van der Waals surface area (Å²) in [7, 11) is 3.29. The maximum absolute atomic E-state index is 12.4. The van der Waals surface area contributed by atoms with E-state index in [0.717, 1.165) is 10.2 Å². The lowest BCUT2D eigenvalue weighted by Crippen LogP contribution is -2.36. The van der Waals surface area contributed by atoms with Gasteiger partial charge in [-0.25, -0.2) is 4.98 Å². The number of benzene rings is 2. The summed E-state index contributed by atoms with van der Waals surface area (Å²) < 4.78 is 6.06. The lowest BCUT2D eigenvalue weighted by atomic mass is 10.2. The fraction of sp³-hybridized carbons (Fsp3) is 0.211. The van der Waals surface area contributed by atoms with Crippen molar-refractivity contribution in [1.29, 1.82) is 0 Å². The number of nitrogens with zero attached hydrogens (tertiary/aromatic N) is 2. The monoisotopic (exact) mass is 369 g/mol. The van der Waals surface area contributed by atoms with Gasteiger partial charge in [0.2, 0.25) is 0 Å². The average molecular weight is 369 g/mol. The molecule has 7 heteroatoms. The number of carbonyl (C=O) groups is 2. The molecule has 0 spiro atoms. The minimum absolute atomic E-state index is 0.109. The molecule has 6 nitrogen and oxygen atoms in total. The molecule has 1 heterocycles. The number of hydrogen-bond acceptors (Lipinski definition) is 5. The molecule has 1 N–H and O–H groups in total. The van der Waals surface area contributed by atoms with Crippen molar-refractivity contribution in [1.82, 2.24) is 15.2 Å². The number of thiazole rings is 1. The molecule has 134 valence electrons. The summed E-state index contributed by atoms with van der Waals surface area (Å²) in [5, 5.41) is 3.24. The second-order valence-corrected chi connectivity index (χ2v) is 6.73. The van der Waals surface area contributed by atoms with E-state index in [-0.39, 0.29) is 11.8 Å². The van der Waals surface area contributed by atoms with E-state index in [4.69, 9.17) is 4.74 Å². The van der Waals surface area contributed by atoms with Gasteiger partial charge in [0.25, 0.3) is 11.8 Å². The highest BCUT2D eigenvalue weighted by Gasteiger charge is 2.14. The van der Waals surface area contributed by atoms with E-state index < -0.39 is 0 Å². The Labute approximate surface area is 155 Å². The zero-order chi connectivity index (χ0) is 18.5. The number of fused-ring (bicyclic) bond motifs is 1. The van der Waals surface area contributed by atoms with E-state index in [0.29, 0.717) is 29.4 Å². The number of nitrogens with one attached hydrogen (secondary N) is 1. The van der Waals surface area contributed by atoms with Crippen molar-refractivity contribution >= 4 is 33.4 Å². The Morgan fingerprint density at radius 3 is 2.58 bits per heavy atom. The largest absolute Gasteiger partial charge is 0.497 e. The predicted molar refractivity (Wildman–Crippen MR) is 102 cm³/mol. The van der Waals surface area contributed by atoms with Crippen molar-refractivity contribution in [3.63, 3.8) is 0 Å². The molecule has 3 rings (SSSR count). The Hall–Kier alpha value is -2.93. The summed E-state index contributed by atoms with van der Waals surface area (Å²) in [6.45, 7) is 0.759. The molecule has 2 aromatic carbocycles. The number of rotatable bonds is 6. The van der Waals surface area contributed by atoms with Crippen LogP contribution in [0.4, 0.5) is 0 Å². The SMILES string of the molecule is COc1ccc(C(=O)N(C)CCNC(=O)c2nc3ccccc3s2)cc1. The first kappa shape index (κ1) is 17.9. The van der Waals surface area contributed by atoms with Crippen LogP contribution in [0.1, 0.15) is 20.2 Å². The topological polar surface area (TPSA) is 71.5 Å². The van der Waals surface area contributed by atoms with Crippen LogP contribution in [0.25, 0.3) is 10.2 Å². The molecule has 0 bridgehead atoms. The molecule has 0 radical (unpaired) electrons. The third kappa shape index (κ3) is 4.00. The van der Waals surface area contributed by atoms with Crippen LogP contribution in [-0.2, 0) is 0 Å². The molecule has 3 aromatic rings. The second kappa shape index (κ2) is 7.97. The highest BCUT2D eigenvalue weighted by Crippen LogP contribution is 2.21. The van der Waals surface area contributed by atoms with E-state index in [9.17, 15) is 9.59 Å². The van der Waals surface area contributed by atoms with Gasteiger partial charge >= 0.3 is 0 Å². The summed E-state index contributed by atoms with van der Waals surface area (Å²) in [5.41, 5.74) is 1.39. The van der Waals surface area contributed by atoms with Crippen molar-refractivity contribution < 1.29 is 14.3 Å². The van der Waals surface area contributed by atoms with Crippen LogP contribution in [0.3, 0.4) is 0 Å². The third-order valence-electron chi connectivity index (χ3n) is 3.90. The normalized spacial score (nSPS) is 10.5. The Bertz CT molecular complexity index is 888. The van der Waals surface area contributed by atoms with E-state index in [1.807, 2.05) is 24.3 Å². The Morgan fingerprint density at radius 2 is 1.88 bits per heavy atom. The summed E-state index contributed by atoms with van der Waals surface area (Å²) >= 11 is 1.36. The van der Waals surface area contributed by atoms with Gasteiger partial charge in [-0.1, -0.05) is 12.1 Å². The standard InChI is InChI=1S/C19H19N3O3S/c1-22(19(24)13-7-9-14(25-2)10-8-13)12-11-20-17(23)18-21-15-5-3-4-6-16(15)26-18/h3-10H,11-12H2,1-2H3,(H,20,23). The molecule has 26 heavy (non-hydrogen) atoms. The van der Waals surface area contributed by atoms with Crippen molar-refractivity contribution in [3.8, 4) is 5.75 Å². The van der Waals surface area contributed by atoms with E-state index in [2.05, 4.69) is 10.3 Å². The Balaban J connectivity index is 1.53. The van der Waals surface area contributed by atoms with Crippen LogP contribution >= 0.6 is 11.3 Å². The highest BCUT2D eigenvalue weighted by atomic mass is 32.1. The van der Waals surface area contributed by atoms with Crippen LogP contribution in [-0.4, -0.2) is 48.9 Å². The van der Waals surface area contributed by atoms with Crippen LogP contribution in [0.15, 0.2) is 48.5 Å². The van der Waals surface area contributed by atoms with Gasteiger partial charge in [0.15, 0.2) is 5.01 Å². The predicted octanol–water partition coefficient (Wildman–Crippen LogP) is 2.81. The highest BCUT2D eigenvalue weighted by molar-refractivity contribution is 7.20. The van der Waals surface area contributed by atoms with Gasteiger partial charge in [-0.05, 0) is 36.4 Å². The number of para-hydroxylation sites is 1. The first-order chi connectivity index (χ1) is 12.6. The summed E-state index contributed by atoms with van der Waals surface area (Å²) in [6, 6.07) is 14.6. The van der Waals surface area contributed by atoms with Crippen molar-refractivity contribution in [2.24, 2.45) is 0 Å². The first-order valence-electron chi connectivity index (χ1n) is 8.12. The quantitative estimate of drug-likeness (QED) is 0.725. The lowest BCUT2D eigenvalue weighted by molar-refractivity contribution is 0.0787. The number of ether oxygens (including phenoxy) is 1. The van der Waals surface area contributed by atoms with Crippen molar-refractivity contribution in [2.75, 3.05) is 27.2 Å². The van der Waals surface area contributed by atoms with Gasteiger partial charge in [0, 0.05) is 25.7 Å². The zero-order valence-corrected chi connectivity index (χ0v) is 15.4. The lowest BCUT2D eigenvalue weighted by Gasteiger charge is -2.17. The summed E-state index contributed by atoms with van der Waals surface area (Å²) in [4.78, 5) is 30.5. The van der Waals surface area contributed by atoms with Crippen LogP contribution < -0.4 is 10.1 Å². The first-order valence-corrected chi connectivity index (χ1v) is 8.93. The van der Waals surface area contributed by atoms with Crippen LogP contribution in [0.5, 0.6) is 5.75 Å². The Kier molecular flexibility index (Phi) is 5.48. The number of amides is 2. The Morgan fingerprint density at radius 1 is 1.15 bits per heavy atom. The van der Waals surface area contributed by atoms with Gasteiger partial charge in [-0.3, -0.25) is 9.59 Å². The van der Waals surface area contributed by atoms with E-state index in [1.165, 1.54) is 11.3 Å². The molecular weight excluding hydrogens is 350 g/mol. The van der Waals surface area contributed by atoms with Crippen LogP contribution in [0.2, 0.25) is 0 Å². The van der Waals surface area contributed by atoms with Crippen molar-refractivity contribution in [3.05, 3.63) is 59.1 Å². The number of aromatic nitrogens is 1. The minimum atomic E-state index is -0.225. The number of methoxy groups -OCH3 is 1. The van der Waals surface area contributed by atoms with Gasteiger partial charge in [0.05, 0.1) is 17.3 Å². The van der Waals surface area contributed by atoms with E-state index in [1.54, 1.807) is 43.3 Å². The number of carbonyl (C=O) groups excluding carboxylic acids is 2. The molecule has 0 saturated heterocycles. The van der Waals surface area contributed by atoms with Crippen molar-refractivity contribution in [2.45, 2.75) is 0 Å². The molecule has 0 atom stereocenters. The number of hydrogen-bond donors (Lipinski definition) is 1. The molecule has 0 aliphatic rings. The van der Waals surface area contributed by atoms with Crippen LogP contribution in [0, 0.1) is 0 Å². The summed E-state index contributed by atoms with van der Waals surface area (Å²) in [6.07, 6.45) is 0. The fourth-order valence-corrected chi connectivity index (χ4v) is 3.32. The average Bonchev–Trinajstić information content (AvgIpc) is 3.11. The molecule has 1 aromatic heterocycles. The van der Waals surface area contributed by atoms with Gasteiger partial charge in [-0.15, -0.1) is 11.3 Å². The minimum Gasteiger partial charge on any atom is -0.497 e. The number of likely N-dealkylation sites (N-methyl/N-ethyl adjacent to an activating group) is 1. The fourth-order valence-electron chi connectivity index (χ4n) is 2.44. The van der Waals surface area contributed by atoms with E-state index >= 15 is 0 Å².